The average molecular weight is 294 g/mol. The molecule has 1 heterocycles. The van der Waals surface area contributed by atoms with Gasteiger partial charge in [-0.2, -0.15) is 0 Å². The Hall–Kier alpha value is -1.10. The van der Waals surface area contributed by atoms with Crippen LogP contribution < -0.4 is 5.32 Å². The van der Waals surface area contributed by atoms with Gasteiger partial charge in [-0.05, 0) is 58.3 Å². The molecule has 0 bridgehead atoms. The maximum Gasteiger partial charge on any atom is 0.249 e. The third kappa shape index (κ3) is 2.08. The number of nitrogens with one attached hydrogen (secondary N) is 1. The van der Waals surface area contributed by atoms with Crippen molar-refractivity contribution < 1.29 is 14.3 Å². The van der Waals surface area contributed by atoms with Crippen LogP contribution in [0.1, 0.15) is 46.5 Å². The summed E-state index contributed by atoms with van der Waals surface area (Å²) in [5.41, 5.74) is -1.45. The molecule has 1 N–H and O–H groups in total. The van der Waals surface area contributed by atoms with Gasteiger partial charge in [-0.1, -0.05) is 0 Å². The van der Waals surface area contributed by atoms with E-state index < -0.39 is 11.1 Å². The first kappa shape index (κ1) is 14.8. The van der Waals surface area contributed by atoms with Crippen molar-refractivity contribution in [2.24, 2.45) is 11.8 Å². The first-order valence-electron chi connectivity index (χ1n) is 8.01. The lowest BCUT2D eigenvalue weighted by atomic mass is 9.80. The molecular formula is C16H26N2O3. The molecule has 3 aliphatic rings. The molecule has 1 saturated heterocycles. The molecule has 3 atom stereocenters. The summed E-state index contributed by atoms with van der Waals surface area (Å²) < 4.78 is 5.25. The van der Waals surface area contributed by atoms with E-state index in [-0.39, 0.29) is 29.7 Å². The van der Waals surface area contributed by atoms with Crippen molar-refractivity contribution in [3.63, 3.8) is 0 Å². The molecule has 3 unspecified atom stereocenters. The third-order valence-corrected chi connectivity index (χ3v) is 5.61. The van der Waals surface area contributed by atoms with Crippen molar-refractivity contribution in [2.75, 3.05) is 13.7 Å². The fraction of sp³-hybridized carbons (Fsp3) is 0.875. The largest absolute Gasteiger partial charge is 0.383 e. The van der Waals surface area contributed by atoms with Crippen molar-refractivity contribution in [1.82, 2.24) is 10.2 Å². The summed E-state index contributed by atoms with van der Waals surface area (Å²) in [4.78, 5) is 27.9. The first-order valence-corrected chi connectivity index (χ1v) is 8.01. The van der Waals surface area contributed by atoms with Crippen molar-refractivity contribution in [3.8, 4) is 0 Å². The molecule has 1 aliphatic heterocycles. The van der Waals surface area contributed by atoms with Crippen LogP contribution in [0, 0.1) is 11.8 Å². The molecule has 2 saturated carbocycles. The predicted octanol–water partition coefficient (Wildman–Crippen LogP) is 1.32. The molecule has 0 aromatic rings. The Morgan fingerprint density at radius 2 is 1.81 bits per heavy atom. The molecule has 2 amide bonds. The van der Waals surface area contributed by atoms with E-state index in [9.17, 15) is 9.59 Å². The van der Waals surface area contributed by atoms with E-state index in [1.165, 1.54) is 0 Å². The van der Waals surface area contributed by atoms with Crippen LogP contribution >= 0.6 is 0 Å². The molecule has 5 heteroatoms. The highest BCUT2D eigenvalue weighted by Crippen LogP contribution is 2.50. The lowest BCUT2D eigenvalue weighted by molar-refractivity contribution is -0.169. The summed E-state index contributed by atoms with van der Waals surface area (Å²) >= 11 is 0. The number of ether oxygens (including phenoxy) is 1. The summed E-state index contributed by atoms with van der Waals surface area (Å²) in [7, 11) is 1.64. The normalized spacial score (nSPS) is 38.4. The molecule has 0 spiro atoms. The minimum absolute atomic E-state index is 0.0157. The Kier molecular flexibility index (Phi) is 3.32. The van der Waals surface area contributed by atoms with Crippen LogP contribution in [-0.2, 0) is 14.3 Å². The van der Waals surface area contributed by atoms with Gasteiger partial charge in [0.15, 0.2) is 0 Å². The molecule has 0 aromatic carbocycles. The van der Waals surface area contributed by atoms with Gasteiger partial charge in [0, 0.05) is 7.11 Å². The highest BCUT2D eigenvalue weighted by atomic mass is 16.5. The van der Waals surface area contributed by atoms with E-state index >= 15 is 0 Å². The monoisotopic (exact) mass is 294 g/mol. The van der Waals surface area contributed by atoms with Gasteiger partial charge in [-0.15, -0.1) is 0 Å². The van der Waals surface area contributed by atoms with E-state index in [1.54, 1.807) is 7.11 Å². The van der Waals surface area contributed by atoms with E-state index in [2.05, 4.69) is 5.32 Å². The fourth-order valence-corrected chi connectivity index (χ4v) is 3.93. The minimum atomic E-state index is -0.729. The summed E-state index contributed by atoms with van der Waals surface area (Å²) in [5.74, 6) is 0.657. The number of nitrogens with zero attached hydrogens (tertiary/aromatic N) is 1. The van der Waals surface area contributed by atoms with Crippen LogP contribution in [0.5, 0.6) is 0 Å². The summed E-state index contributed by atoms with van der Waals surface area (Å²) in [6, 6.07) is -0.0859. The molecule has 0 radical (unpaired) electrons. The number of hydrogen-bond donors (Lipinski definition) is 1. The summed E-state index contributed by atoms with van der Waals surface area (Å²) in [6.45, 7) is 6.26. The second kappa shape index (κ2) is 4.70. The number of piperazine rings is 1. The smallest absolute Gasteiger partial charge is 0.249 e. The Morgan fingerprint density at radius 3 is 2.29 bits per heavy atom. The van der Waals surface area contributed by atoms with E-state index in [4.69, 9.17) is 4.74 Å². The van der Waals surface area contributed by atoms with Crippen LogP contribution in [0.2, 0.25) is 0 Å². The quantitative estimate of drug-likeness (QED) is 0.832. The highest BCUT2D eigenvalue weighted by molar-refractivity contribution is 6.03. The molecule has 0 aromatic heterocycles. The average Bonchev–Trinajstić information content (AvgIpc) is 3.30. The SMILES string of the molecule is COCC(C)N1C(=O)C(C)(C2CC2)NC(=O)C1(C)C1CC1. The second-order valence-corrected chi connectivity index (χ2v) is 7.33. The van der Waals surface area contributed by atoms with Crippen LogP contribution in [0.4, 0.5) is 0 Å². The lowest BCUT2D eigenvalue weighted by Crippen LogP contribution is -2.77. The van der Waals surface area contributed by atoms with Gasteiger partial charge in [0.2, 0.25) is 11.8 Å². The van der Waals surface area contributed by atoms with E-state index in [1.807, 2.05) is 25.7 Å². The number of rotatable bonds is 5. The van der Waals surface area contributed by atoms with Gasteiger partial charge in [0.1, 0.15) is 11.1 Å². The highest BCUT2D eigenvalue weighted by Gasteiger charge is 2.64. The van der Waals surface area contributed by atoms with Gasteiger partial charge in [-0.3, -0.25) is 9.59 Å². The molecule has 118 valence electrons. The molecule has 3 fully saturated rings. The summed E-state index contributed by atoms with van der Waals surface area (Å²) in [6.07, 6.45) is 4.09. The number of carbonyl (C=O) groups is 2. The summed E-state index contributed by atoms with van der Waals surface area (Å²) in [5, 5.41) is 3.07. The minimum Gasteiger partial charge on any atom is -0.383 e. The van der Waals surface area contributed by atoms with Gasteiger partial charge in [-0.25, -0.2) is 0 Å². The van der Waals surface area contributed by atoms with Gasteiger partial charge >= 0.3 is 0 Å². The Labute approximate surface area is 126 Å². The standard InChI is InChI=1S/C16H26N2O3/c1-10(9-21-4)18-14(20)15(2,11-5-6-11)17-13(19)16(18,3)12-7-8-12/h10-12H,5-9H2,1-4H3,(H,17,19). The van der Waals surface area contributed by atoms with Gasteiger partial charge in [0.05, 0.1) is 12.6 Å². The van der Waals surface area contributed by atoms with Crippen LogP contribution in [0.25, 0.3) is 0 Å². The van der Waals surface area contributed by atoms with Crippen LogP contribution in [-0.4, -0.2) is 47.6 Å². The zero-order valence-electron chi connectivity index (χ0n) is 13.4. The van der Waals surface area contributed by atoms with Crippen LogP contribution in [0.3, 0.4) is 0 Å². The zero-order valence-corrected chi connectivity index (χ0v) is 13.4. The maximum absolute atomic E-state index is 13.2. The second-order valence-electron chi connectivity index (χ2n) is 7.33. The van der Waals surface area contributed by atoms with Crippen molar-refractivity contribution in [2.45, 2.75) is 63.6 Å². The van der Waals surface area contributed by atoms with Crippen molar-refractivity contribution in [3.05, 3.63) is 0 Å². The Morgan fingerprint density at radius 1 is 1.24 bits per heavy atom. The number of methoxy groups -OCH3 is 1. The number of amides is 2. The van der Waals surface area contributed by atoms with Gasteiger partial charge in [0.25, 0.3) is 0 Å². The molecule has 5 nitrogen and oxygen atoms in total. The van der Waals surface area contributed by atoms with Crippen molar-refractivity contribution >= 4 is 11.8 Å². The number of hydrogen-bond acceptors (Lipinski definition) is 3. The lowest BCUT2D eigenvalue weighted by Gasteiger charge is -2.53. The molecule has 2 aliphatic carbocycles. The van der Waals surface area contributed by atoms with E-state index in [0.717, 1.165) is 25.7 Å². The molecular weight excluding hydrogens is 268 g/mol. The maximum atomic E-state index is 13.2. The van der Waals surface area contributed by atoms with E-state index in [0.29, 0.717) is 6.61 Å². The third-order valence-electron chi connectivity index (χ3n) is 5.61. The number of carbonyl (C=O) groups excluding carboxylic acids is 2. The Balaban J connectivity index is 1.98. The first-order chi connectivity index (χ1) is 9.85. The van der Waals surface area contributed by atoms with Gasteiger partial charge < -0.3 is 15.0 Å². The Bertz CT molecular complexity index is 472. The van der Waals surface area contributed by atoms with Crippen molar-refractivity contribution in [1.29, 1.82) is 0 Å². The fourth-order valence-electron chi connectivity index (χ4n) is 3.93. The zero-order chi connectivity index (χ0) is 15.4. The predicted molar refractivity (Wildman–Crippen MR) is 78.6 cm³/mol. The van der Waals surface area contributed by atoms with Crippen LogP contribution in [0.15, 0.2) is 0 Å². The molecule has 21 heavy (non-hydrogen) atoms. The molecule has 3 rings (SSSR count). The topological polar surface area (TPSA) is 58.6 Å².